The zero-order chi connectivity index (χ0) is 19.3. The molecule has 0 amide bonds. The number of thioether (sulfide) groups is 1. The third kappa shape index (κ3) is 4.52. The van der Waals surface area contributed by atoms with Crippen LogP contribution in [0.3, 0.4) is 0 Å². The van der Waals surface area contributed by atoms with Crippen LogP contribution in [0.2, 0.25) is 0 Å². The molecule has 0 fully saturated rings. The molecule has 138 valence electrons. The maximum absolute atomic E-state index is 13.0. The summed E-state index contributed by atoms with van der Waals surface area (Å²) in [5.41, 5.74) is 3.30. The van der Waals surface area contributed by atoms with Gasteiger partial charge in [0.1, 0.15) is 5.82 Å². The summed E-state index contributed by atoms with van der Waals surface area (Å²) in [6.45, 7) is 0. The first-order chi connectivity index (χ1) is 13.7. The maximum Gasteiger partial charge on any atom is 0.173 e. The number of rotatable bonds is 6. The van der Waals surface area contributed by atoms with Crippen molar-refractivity contribution in [3.8, 4) is 0 Å². The van der Waals surface area contributed by atoms with E-state index in [2.05, 4.69) is 9.98 Å². The van der Waals surface area contributed by atoms with Gasteiger partial charge in [-0.3, -0.25) is 9.79 Å². The lowest BCUT2D eigenvalue weighted by Crippen LogP contribution is -2.01. The summed E-state index contributed by atoms with van der Waals surface area (Å²) >= 11 is 2.93. The number of halogens is 1. The second kappa shape index (κ2) is 8.46. The van der Waals surface area contributed by atoms with Crippen LogP contribution in [0, 0.1) is 5.82 Å². The number of benzene rings is 3. The Morgan fingerprint density at radius 2 is 1.86 bits per heavy atom. The van der Waals surface area contributed by atoms with Crippen LogP contribution in [0.1, 0.15) is 15.9 Å². The van der Waals surface area contributed by atoms with Crippen molar-refractivity contribution in [2.45, 2.75) is 4.34 Å². The van der Waals surface area contributed by atoms with E-state index >= 15 is 0 Å². The average Bonchev–Trinajstić information content (AvgIpc) is 3.14. The van der Waals surface area contributed by atoms with Crippen molar-refractivity contribution in [1.29, 1.82) is 0 Å². The number of thiazole rings is 1. The third-order valence-electron chi connectivity index (χ3n) is 4.01. The average molecular weight is 407 g/mol. The van der Waals surface area contributed by atoms with Crippen LogP contribution in [-0.2, 0) is 0 Å². The lowest BCUT2D eigenvalue weighted by molar-refractivity contribution is 0.102. The van der Waals surface area contributed by atoms with Gasteiger partial charge in [-0.15, -0.1) is 11.3 Å². The molecule has 0 aliphatic carbocycles. The van der Waals surface area contributed by atoms with Gasteiger partial charge in [0.15, 0.2) is 10.1 Å². The second-order valence-electron chi connectivity index (χ2n) is 6.02. The first-order valence-electron chi connectivity index (χ1n) is 8.59. The van der Waals surface area contributed by atoms with Gasteiger partial charge in [0, 0.05) is 11.8 Å². The quantitative estimate of drug-likeness (QED) is 0.219. The minimum atomic E-state index is -0.346. The molecule has 4 aromatic rings. The van der Waals surface area contributed by atoms with Gasteiger partial charge in [-0.25, -0.2) is 9.37 Å². The SMILES string of the molecule is O=C(CSc1nc2ccc(N=Cc3ccccc3)cc2s1)c1ccc(F)cc1. The van der Waals surface area contributed by atoms with E-state index in [1.165, 1.54) is 47.4 Å². The van der Waals surface area contributed by atoms with E-state index in [1.807, 2.05) is 54.7 Å². The predicted octanol–water partition coefficient (Wildman–Crippen LogP) is 6.16. The van der Waals surface area contributed by atoms with Crippen LogP contribution in [0.4, 0.5) is 10.1 Å². The molecule has 0 spiro atoms. The van der Waals surface area contributed by atoms with Crippen molar-refractivity contribution in [2.75, 3.05) is 5.75 Å². The van der Waals surface area contributed by atoms with E-state index in [0.29, 0.717) is 5.56 Å². The van der Waals surface area contributed by atoms with Crippen LogP contribution < -0.4 is 0 Å². The van der Waals surface area contributed by atoms with E-state index in [-0.39, 0.29) is 17.4 Å². The zero-order valence-electron chi connectivity index (χ0n) is 14.7. The van der Waals surface area contributed by atoms with Gasteiger partial charge in [-0.1, -0.05) is 42.1 Å². The van der Waals surface area contributed by atoms with E-state index in [1.54, 1.807) is 0 Å². The number of hydrogen-bond acceptors (Lipinski definition) is 5. The number of carbonyl (C=O) groups is 1. The number of nitrogens with zero attached hydrogens (tertiary/aromatic N) is 2. The number of carbonyl (C=O) groups excluding carboxylic acids is 1. The Bertz CT molecular complexity index is 1140. The molecule has 6 heteroatoms. The summed E-state index contributed by atoms with van der Waals surface area (Å²) in [7, 11) is 0. The van der Waals surface area contributed by atoms with Crippen LogP contribution in [0.5, 0.6) is 0 Å². The van der Waals surface area contributed by atoms with Crippen molar-refractivity contribution < 1.29 is 9.18 Å². The van der Waals surface area contributed by atoms with Crippen LogP contribution in [0.15, 0.2) is 82.1 Å². The molecule has 0 saturated heterocycles. The summed E-state index contributed by atoms with van der Waals surface area (Å²) in [4.78, 5) is 21.3. The van der Waals surface area contributed by atoms with E-state index < -0.39 is 0 Å². The van der Waals surface area contributed by atoms with Gasteiger partial charge in [-0.2, -0.15) is 0 Å². The van der Waals surface area contributed by atoms with Crippen LogP contribution >= 0.6 is 23.1 Å². The highest BCUT2D eigenvalue weighted by Crippen LogP contribution is 2.32. The van der Waals surface area contributed by atoms with Crippen LogP contribution in [-0.4, -0.2) is 22.7 Å². The van der Waals surface area contributed by atoms with Gasteiger partial charge in [0.2, 0.25) is 0 Å². The van der Waals surface area contributed by atoms with E-state index in [9.17, 15) is 9.18 Å². The molecule has 0 atom stereocenters. The highest BCUT2D eigenvalue weighted by atomic mass is 32.2. The topological polar surface area (TPSA) is 42.3 Å². The molecule has 4 rings (SSSR count). The number of ketones is 1. The minimum Gasteiger partial charge on any atom is -0.293 e. The molecule has 0 aliphatic heterocycles. The van der Waals surface area contributed by atoms with Crippen molar-refractivity contribution in [3.63, 3.8) is 0 Å². The second-order valence-corrected chi connectivity index (χ2v) is 8.27. The highest BCUT2D eigenvalue weighted by molar-refractivity contribution is 8.01. The highest BCUT2D eigenvalue weighted by Gasteiger charge is 2.10. The molecular weight excluding hydrogens is 391 g/mol. The number of hydrogen-bond donors (Lipinski definition) is 0. The molecule has 3 aromatic carbocycles. The Hall–Kier alpha value is -2.83. The van der Waals surface area contributed by atoms with Crippen molar-refractivity contribution in [2.24, 2.45) is 4.99 Å². The predicted molar refractivity (Wildman–Crippen MR) is 115 cm³/mol. The minimum absolute atomic E-state index is 0.0441. The molecule has 0 radical (unpaired) electrons. The first-order valence-corrected chi connectivity index (χ1v) is 10.4. The fourth-order valence-electron chi connectivity index (χ4n) is 2.57. The standard InChI is InChI=1S/C22H15FN2OS2/c23-17-8-6-16(7-9-17)20(26)14-27-22-25-19-11-10-18(12-21(19)28-22)24-13-15-4-2-1-3-5-15/h1-13H,14H2. The third-order valence-corrected chi connectivity index (χ3v) is 6.17. The molecule has 0 bridgehead atoms. The molecular formula is C22H15FN2OS2. The van der Waals surface area contributed by atoms with Crippen molar-refractivity contribution in [3.05, 3.63) is 89.7 Å². The molecule has 1 heterocycles. The Balaban J connectivity index is 1.45. The number of Topliss-reactive ketones (excluding diaryl/α,β-unsaturated/α-hetero) is 1. The monoisotopic (exact) mass is 406 g/mol. The molecule has 3 nitrogen and oxygen atoms in total. The molecule has 28 heavy (non-hydrogen) atoms. The molecule has 0 N–H and O–H groups in total. The molecule has 0 unspecified atom stereocenters. The Morgan fingerprint density at radius 1 is 1.07 bits per heavy atom. The molecule has 0 saturated carbocycles. The summed E-state index contributed by atoms with van der Waals surface area (Å²) < 4.78 is 14.8. The smallest absolute Gasteiger partial charge is 0.173 e. The van der Waals surface area contributed by atoms with Gasteiger partial charge >= 0.3 is 0 Å². The van der Waals surface area contributed by atoms with Gasteiger partial charge < -0.3 is 0 Å². The van der Waals surface area contributed by atoms with Gasteiger partial charge in [0.25, 0.3) is 0 Å². The van der Waals surface area contributed by atoms with Gasteiger partial charge in [-0.05, 0) is 48.0 Å². The summed E-state index contributed by atoms with van der Waals surface area (Å²) in [6, 6.07) is 21.4. The Labute approximate surface area is 170 Å². The number of fused-ring (bicyclic) bond motifs is 1. The Kier molecular flexibility index (Phi) is 5.60. The van der Waals surface area contributed by atoms with Crippen molar-refractivity contribution in [1.82, 2.24) is 4.98 Å². The fraction of sp³-hybridized carbons (Fsp3) is 0.0455. The molecule has 0 aliphatic rings. The zero-order valence-corrected chi connectivity index (χ0v) is 16.3. The van der Waals surface area contributed by atoms with Gasteiger partial charge in [0.05, 0.1) is 21.7 Å². The van der Waals surface area contributed by atoms with Crippen molar-refractivity contribution >= 4 is 51.0 Å². The maximum atomic E-state index is 13.0. The molecule has 1 aromatic heterocycles. The first kappa shape index (κ1) is 18.5. The van der Waals surface area contributed by atoms with E-state index in [4.69, 9.17) is 0 Å². The lowest BCUT2D eigenvalue weighted by atomic mass is 10.1. The van der Waals surface area contributed by atoms with Crippen LogP contribution in [0.25, 0.3) is 10.2 Å². The lowest BCUT2D eigenvalue weighted by Gasteiger charge is -1.99. The Morgan fingerprint density at radius 3 is 2.64 bits per heavy atom. The normalized spacial score (nSPS) is 11.3. The summed E-state index contributed by atoms with van der Waals surface area (Å²) in [5.74, 6) is -0.122. The summed E-state index contributed by atoms with van der Waals surface area (Å²) in [5, 5.41) is 0. The number of aliphatic imine (C=N–C) groups is 1. The largest absolute Gasteiger partial charge is 0.293 e. The fourth-order valence-corrected chi connectivity index (χ4v) is 4.56. The summed E-state index contributed by atoms with van der Waals surface area (Å²) in [6.07, 6.45) is 1.83. The number of aromatic nitrogens is 1. The van der Waals surface area contributed by atoms with E-state index in [0.717, 1.165) is 25.8 Å².